The number of carbonyl (C=O) groups is 2. The van der Waals surface area contributed by atoms with Crippen molar-refractivity contribution in [1.82, 2.24) is 5.32 Å². The highest BCUT2D eigenvalue weighted by molar-refractivity contribution is 9.10. The number of nitrogens with two attached hydrogens (primary N) is 1. The molecule has 3 rings (SSSR count). The van der Waals surface area contributed by atoms with Gasteiger partial charge in [-0.2, -0.15) is 0 Å². The monoisotopic (exact) mass is 387 g/mol. The summed E-state index contributed by atoms with van der Waals surface area (Å²) in [6.45, 7) is 0.450. The fraction of sp³-hybridized carbons (Fsp3) is 0.222. The van der Waals surface area contributed by atoms with Gasteiger partial charge in [0.1, 0.15) is 0 Å². The molecule has 0 aromatic heterocycles. The van der Waals surface area contributed by atoms with Gasteiger partial charge in [-0.05, 0) is 48.2 Å². The number of amides is 3. The van der Waals surface area contributed by atoms with Crippen LogP contribution in [-0.2, 0) is 16.8 Å². The van der Waals surface area contributed by atoms with Crippen LogP contribution >= 0.6 is 15.9 Å². The Labute approximate surface area is 148 Å². The largest absolute Gasteiger partial charge is 0.351 e. The summed E-state index contributed by atoms with van der Waals surface area (Å²) in [6, 6.07) is 14.5. The van der Waals surface area contributed by atoms with Crippen LogP contribution in [0.25, 0.3) is 0 Å². The maximum Gasteiger partial charge on any atom is 0.316 e. The van der Waals surface area contributed by atoms with E-state index in [2.05, 4.69) is 26.6 Å². The van der Waals surface area contributed by atoms with Crippen LogP contribution in [0.3, 0.4) is 0 Å². The average Bonchev–Trinajstić information content (AvgIpc) is 3.35. The first-order valence-corrected chi connectivity index (χ1v) is 8.49. The predicted octanol–water partition coefficient (Wildman–Crippen LogP) is 3.29. The predicted molar refractivity (Wildman–Crippen MR) is 96.5 cm³/mol. The maximum absolute atomic E-state index is 12.6. The van der Waals surface area contributed by atoms with Crippen molar-refractivity contribution in [3.05, 3.63) is 64.1 Å². The summed E-state index contributed by atoms with van der Waals surface area (Å²) in [4.78, 5) is 23.4. The summed E-state index contributed by atoms with van der Waals surface area (Å²) in [5.74, 6) is 0.0555. The zero-order valence-corrected chi connectivity index (χ0v) is 14.6. The molecule has 0 heterocycles. The molecular formula is C18H18BrN3O2. The molecule has 124 valence electrons. The van der Waals surface area contributed by atoms with Crippen LogP contribution in [0.5, 0.6) is 0 Å². The first-order valence-electron chi connectivity index (χ1n) is 7.69. The van der Waals surface area contributed by atoms with E-state index in [0.717, 1.165) is 28.4 Å². The number of benzene rings is 2. The molecule has 3 amide bonds. The van der Waals surface area contributed by atoms with Gasteiger partial charge in [0.2, 0.25) is 5.91 Å². The highest BCUT2D eigenvalue weighted by Crippen LogP contribution is 2.48. The molecule has 2 aromatic rings. The summed E-state index contributed by atoms with van der Waals surface area (Å²) < 4.78 is 0.983. The lowest BCUT2D eigenvalue weighted by molar-refractivity contribution is -0.123. The van der Waals surface area contributed by atoms with Crippen LogP contribution in [0.15, 0.2) is 53.0 Å². The van der Waals surface area contributed by atoms with Gasteiger partial charge >= 0.3 is 6.03 Å². The Morgan fingerprint density at radius 1 is 1.12 bits per heavy atom. The zero-order valence-electron chi connectivity index (χ0n) is 13.0. The van der Waals surface area contributed by atoms with Crippen molar-refractivity contribution in [3.8, 4) is 0 Å². The molecule has 1 fully saturated rings. The molecule has 2 aromatic carbocycles. The molecule has 0 saturated heterocycles. The van der Waals surface area contributed by atoms with Crippen LogP contribution < -0.4 is 16.4 Å². The van der Waals surface area contributed by atoms with E-state index in [9.17, 15) is 9.59 Å². The van der Waals surface area contributed by atoms with Crippen LogP contribution in [-0.4, -0.2) is 11.9 Å². The van der Waals surface area contributed by atoms with Crippen molar-refractivity contribution in [2.24, 2.45) is 5.73 Å². The minimum atomic E-state index is -0.597. The van der Waals surface area contributed by atoms with Gasteiger partial charge in [-0.25, -0.2) is 4.79 Å². The normalized spacial score (nSPS) is 14.7. The van der Waals surface area contributed by atoms with Crippen LogP contribution in [0.1, 0.15) is 24.0 Å². The summed E-state index contributed by atoms with van der Waals surface area (Å²) in [5.41, 5.74) is 7.32. The molecule has 0 atom stereocenters. The number of anilines is 1. The molecule has 0 aliphatic heterocycles. The third kappa shape index (κ3) is 3.59. The third-order valence-corrected chi connectivity index (χ3v) is 4.73. The molecule has 6 heteroatoms. The molecular weight excluding hydrogens is 370 g/mol. The second-order valence-corrected chi connectivity index (χ2v) is 6.88. The highest BCUT2D eigenvalue weighted by Gasteiger charge is 2.51. The summed E-state index contributed by atoms with van der Waals surface area (Å²) in [6.07, 6.45) is 1.74. The number of primary amides is 1. The second kappa shape index (κ2) is 6.65. The number of rotatable bonds is 5. The van der Waals surface area contributed by atoms with Crippen molar-refractivity contribution in [3.63, 3.8) is 0 Å². The maximum atomic E-state index is 12.6. The minimum absolute atomic E-state index is 0.0555. The van der Waals surface area contributed by atoms with E-state index in [0.29, 0.717) is 12.2 Å². The molecule has 1 saturated carbocycles. The molecule has 24 heavy (non-hydrogen) atoms. The smallest absolute Gasteiger partial charge is 0.316 e. The lowest BCUT2D eigenvalue weighted by atomic mass is 9.95. The van der Waals surface area contributed by atoms with Crippen molar-refractivity contribution in [2.45, 2.75) is 24.8 Å². The van der Waals surface area contributed by atoms with Gasteiger partial charge in [0, 0.05) is 16.7 Å². The van der Waals surface area contributed by atoms with Crippen molar-refractivity contribution in [1.29, 1.82) is 0 Å². The van der Waals surface area contributed by atoms with Gasteiger partial charge in [0.15, 0.2) is 0 Å². The van der Waals surface area contributed by atoms with Crippen molar-refractivity contribution >= 4 is 33.6 Å². The highest BCUT2D eigenvalue weighted by atomic mass is 79.9. The average molecular weight is 388 g/mol. The number of nitrogens with one attached hydrogen (secondary N) is 2. The van der Waals surface area contributed by atoms with Gasteiger partial charge < -0.3 is 16.4 Å². The van der Waals surface area contributed by atoms with E-state index in [1.807, 2.05) is 36.4 Å². The van der Waals surface area contributed by atoms with Crippen LogP contribution in [0, 0.1) is 0 Å². The second-order valence-electron chi connectivity index (χ2n) is 5.96. The van der Waals surface area contributed by atoms with E-state index in [1.54, 1.807) is 12.1 Å². The third-order valence-electron chi connectivity index (χ3n) is 4.24. The molecule has 0 unspecified atom stereocenters. The topological polar surface area (TPSA) is 84.2 Å². The molecule has 0 bridgehead atoms. The summed E-state index contributed by atoms with van der Waals surface area (Å²) >= 11 is 3.46. The number of halogens is 1. The molecule has 1 aliphatic carbocycles. The Kier molecular flexibility index (Phi) is 4.57. The lowest BCUT2D eigenvalue weighted by Crippen LogP contribution is -2.34. The number of hydrogen-bond donors (Lipinski definition) is 3. The molecule has 0 spiro atoms. The molecule has 5 nitrogen and oxygen atoms in total. The van der Waals surface area contributed by atoms with E-state index < -0.39 is 11.4 Å². The van der Waals surface area contributed by atoms with Gasteiger partial charge in [-0.3, -0.25) is 4.79 Å². The van der Waals surface area contributed by atoms with Crippen molar-refractivity contribution in [2.75, 3.05) is 5.32 Å². The standard InChI is InChI=1S/C18H18BrN3O2/c19-14-3-1-2-13(10-14)18(8-9-18)16(23)21-11-12-4-6-15(7-5-12)22-17(20)24/h1-7,10H,8-9,11H2,(H,21,23)(H3,20,22,24). The fourth-order valence-corrected chi connectivity index (χ4v) is 3.16. The van der Waals surface area contributed by atoms with Gasteiger partial charge in [-0.15, -0.1) is 0 Å². The fourth-order valence-electron chi connectivity index (χ4n) is 2.76. The number of urea groups is 1. The Balaban J connectivity index is 1.62. The summed E-state index contributed by atoms with van der Waals surface area (Å²) in [5, 5.41) is 5.52. The van der Waals surface area contributed by atoms with Gasteiger partial charge in [-0.1, -0.05) is 40.2 Å². The van der Waals surface area contributed by atoms with E-state index in [4.69, 9.17) is 5.73 Å². The Hall–Kier alpha value is -2.34. The first-order chi connectivity index (χ1) is 11.5. The molecule has 1 aliphatic rings. The lowest BCUT2D eigenvalue weighted by Gasteiger charge is -2.16. The Bertz CT molecular complexity index is 770. The molecule has 0 radical (unpaired) electrons. The number of carbonyl (C=O) groups excluding carboxylic acids is 2. The van der Waals surface area contributed by atoms with E-state index >= 15 is 0 Å². The van der Waals surface area contributed by atoms with Crippen LogP contribution in [0.4, 0.5) is 10.5 Å². The van der Waals surface area contributed by atoms with Gasteiger partial charge in [0.05, 0.1) is 5.41 Å². The zero-order chi connectivity index (χ0) is 17.2. The SMILES string of the molecule is NC(=O)Nc1ccc(CNC(=O)C2(c3cccc(Br)c3)CC2)cc1. The summed E-state index contributed by atoms with van der Waals surface area (Å²) in [7, 11) is 0. The Morgan fingerprint density at radius 3 is 2.42 bits per heavy atom. The molecule has 4 N–H and O–H groups in total. The van der Waals surface area contributed by atoms with E-state index in [-0.39, 0.29) is 5.91 Å². The quantitative estimate of drug-likeness (QED) is 0.735. The van der Waals surface area contributed by atoms with Crippen LogP contribution in [0.2, 0.25) is 0 Å². The van der Waals surface area contributed by atoms with Gasteiger partial charge in [0.25, 0.3) is 0 Å². The first kappa shape index (κ1) is 16.5. The Morgan fingerprint density at radius 2 is 1.83 bits per heavy atom. The minimum Gasteiger partial charge on any atom is -0.351 e. The number of hydrogen-bond acceptors (Lipinski definition) is 2. The van der Waals surface area contributed by atoms with E-state index in [1.165, 1.54) is 0 Å². The van der Waals surface area contributed by atoms with Crippen molar-refractivity contribution < 1.29 is 9.59 Å².